The van der Waals surface area contributed by atoms with Gasteiger partial charge < -0.3 is 10.4 Å². The molecule has 21 heavy (non-hydrogen) atoms. The summed E-state index contributed by atoms with van der Waals surface area (Å²) in [5.41, 5.74) is 3.05. The number of benzene rings is 1. The van der Waals surface area contributed by atoms with E-state index in [1.54, 1.807) is 6.92 Å². The number of carbonyl (C=O) groups excluding carboxylic acids is 1. The molecule has 1 rings (SSSR count). The van der Waals surface area contributed by atoms with E-state index >= 15 is 0 Å². The summed E-state index contributed by atoms with van der Waals surface area (Å²) in [5, 5.41) is 12.7. The standard InChI is InChI=1S/C18H27NO2/c1-5-13(2)15(4)18(21)19-12-17(11-14(3)20)16-9-7-6-8-10-16/h6-10,14,17,20H,5,11-12H2,1-4H3,(H,19,21)/b15-13-. The zero-order chi connectivity index (χ0) is 15.8. The Morgan fingerprint density at radius 2 is 1.86 bits per heavy atom. The van der Waals surface area contributed by atoms with Gasteiger partial charge in [-0.05, 0) is 39.2 Å². The summed E-state index contributed by atoms with van der Waals surface area (Å²) >= 11 is 0. The van der Waals surface area contributed by atoms with Gasteiger partial charge in [0.1, 0.15) is 0 Å². The van der Waals surface area contributed by atoms with E-state index in [-0.39, 0.29) is 17.9 Å². The van der Waals surface area contributed by atoms with Gasteiger partial charge in [-0.1, -0.05) is 42.8 Å². The van der Waals surface area contributed by atoms with Crippen molar-refractivity contribution in [3.63, 3.8) is 0 Å². The number of hydrogen-bond donors (Lipinski definition) is 2. The SMILES string of the molecule is CC/C(C)=C(/C)C(=O)NCC(CC(C)O)c1ccccc1. The first-order valence-corrected chi connectivity index (χ1v) is 7.63. The van der Waals surface area contributed by atoms with Gasteiger partial charge in [-0.25, -0.2) is 0 Å². The van der Waals surface area contributed by atoms with Crippen LogP contribution >= 0.6 is 0 Å². The topological polar surface area (TPSA) is 49.3 Å². The molecule has 2 atom stereocenters. The molecule has 3 heteroatoms. The predicted octanol–water partition coefficient (Wildman–Crippen LogP) is 3.40. The minimum Gasteiger partial charge on any atom is -0.393 e. The molecule has 1 aromatic rings. The van der Waals surface area contributed by atoms with Crippen molar-refractivity contribution in [3.8, 4) is 0 Å². The van der Waals surface area contributed by atoms with Crippen LogP contribution in [0, 0.1) is 0 Å². The van der Waals surface area contributed by atoms with Crippen molar-refractivity contribution in [1.29, 1.82) is 0 Å². The van der Waals surface area contributed by atoms with Crippen LogP contribution in [0.3, 0.4) is 0 Å². The second-order valence-electron chi connectivity index (χ2n) is 5.66. The molecule has 1 aromatic carbocycles. The molecule has 0 aliphatic rings. The first-order valence-electron chi connectivity index (χ1n) is 7.63. The van der Waals surface area contributed by atoms with E-state index in [0.717, 1.165) is 23.1 Å². The molecule has 0 fully saturated rings. The molecule has 1 amide bonds. The van der Waals surface area contributed by atoms with Crippen molar-refractivity contribution in [3.05, 3.63) is 47.0 Å². The Morgan fingerprint density at radius 1 is 1.24 bits per heavy atom. The summed E-state index contributed by atoms with van der Waals surface area (Å²) in [7, 11) is 0. The summed E-state index contributed by atoms with van der Waals surface area (Å²) in [5.74, 6) is 0.116. The molecular formula is C18H27NO2. The van der Waals surface area contributed by atoms with E-state index in [1.165, 1.54) is 0 Å². The minimum absolute atomic E-state index is 0.0131. The average molecular weight is 289 g/mol. The number of aliphatic hydroxyl groups excluding tert-OH is 1. The third kappa shape index (κ3) is 5.72. The lowest BCUT2D eigenvalue weighted by molar-refractivity contribution is -0.117. The number of aliphatic hydroxyl groups is 1. The van der Waals surface area contributed by atoms with Crippen molar-refractivity contribution >= 4 is 5.91 Å². The normalized spacial score (nSPS) is 15.1. The zero-order valence-corrected chi connectivity index (χ0v) is 13.5. The van der Waals surface area contributed by atoms with Gasteiger partial charge in [0.25, 0.3) is 0 Å². The fourth-order valence-electron chi connectivity index (χ4n) is 2.28. The van der Waals surface area contributed by atoms with E-state index in [0.29, 0.717) is 13.0 Å². The first-order chi connectivity index (χ1) is 9.95. The van der Waals surface area contributed by atoms with Crippen LogP contribution in [0.25, 0.3) is 0 Å². The predicted molar refractivity (Wildman–Crippen MR) is 87.2 cm³/mol. The zero-order valence-electron chi connectivity index (χ0n) is 13.5. The maximum Gasteiger partial charge on any atom is 0.246 e. The molecular weight excluding hydrogens is 262 g/mol. The molecule has 0 spiro atoms. The molecule has 0 radical (unpaired) electrons. The quantitative estimate of drug-likeness (QED) is 0.756. The van der Waals surface area contributed by atoms with Gasteiger partial charge in [0, 0.05) is 18.0 Å². The van der Waals surface area contributed by atoms with Crippen LogP contribution in [0.4, 0.5) is 0 Å². The van der Waals surface area contributed by atoms with Crippen molar-refractivity contribution in [2.24, 2.45) is 0 Å². The summed E-state index contributed by atoms with van der Waals surface area (Å²) in [4.78, 5) is 12.1. The summed E-state index contributed by atoms with van der Waals surface area (Å²) in [6, 6.07) is 10.0. The molecule has 3 nitrogen and oxygen atoms in total. The number of rotatable bonds is 7. The van der Waals surface area contributed by atoms with Gasteiger partial charge in [-0.2, -0.15) is 0 Å². The summed E-state index contributed by atoms with van der Waals surface area (Å²) < 4.78 is 0. The molecule has 2 N–H and O–H groups in total. The summed E-state index contributed by atoms with van der Waals surface area (Å²) in [6.07, 6.45) is 1.13. The molecule has 0 aromatic heterocycles. The Kier molecular flexibility index (Phi) is 7.17. The van der Waals surface area contributed by atoms with Crippen LogP contribution in [0.5, 0.6) is 0 Å². The van der Waals surface area contributed by atoms with Crippen LogP contribution in [-0.2, 0) is 4.79 Å². The van der Waals surface area contributed by atoms with E-state index in [1.807, 2.05) is 51.1 Å². The number of hydrogen-bond acceptors (Lipinski definition) is 2. The average Bonchev–Trinajstić information content (AvgIpc) is 2.50. The Balaban J connectivity index is 2.73. The Hall–Kier alpha value is -1.61. The van der Waals surface area contributed by atoms with E-state index in [9.17, 15) is 9.90 Å². The number of allylic oxidation sites excluding steroid dienone is 1. The lowest BCUT2D eigenvalue weighted by atomic mass is 9.93. The molecule has 0 bridgehead atoms. The molecule has 0 aliphatic heterocycles. The maximum absolute atomic E-state index is 12.1. The Bertz CT molecular complexity index is 477. The van der Waals surface area contributed by atoms with Gasteiger partial charge in [0.05, 0.1) is 6.10 Å². The van der Waals surface area contributed by atoms with Crippen molar-refractivity contribution < 1.29 is 9.90 Å². The molecule has 116 valence electrons. The van der Waals surface area contributed by atoms with Crippen LogP contribution in [0.2, 0.25) is 0 Å². The highest BCUT2D eigenvalue weighted by atomic mass is 16.3. The van der Waals surface area contributed by atoms with E-state index in [4.69, 9.17) is 0 Å². The third-order valence-electron chi connectivity index (χ3n) is 3.92. The molecule has 2 unspecified atom stereocenters. The molecule has 0 saturated heterocycles. The number of amides is 1. The van der Waals surface area contributed by atoms with Crippen LogP contribution in [0.15, 0.2) is 41.5 Å². The second-order valence-corrected chi connectivity index (χ2v) is 5.66. The lowest BCUT2D eigenvalue weighted by Gasteiger charge is -2.20. The summed E-state index contributed by atoms with van der Waals surface area (Å²) in [6.45, 7) is 8.22. The van der Waals surface area contributed by atoms with Crippen molar-refractivity contribution in [2.75, 3.05) is 6.54 Å². The van der Waals surface area contributed by atoms with Crippen molar-refractivity contribution in [1.82, 2.24) is 5.32 Å². The second kappa shape index (κ2) is 8.63. The maximum atomic E-state index is 12.1. The van der Waals surface area contributed by atoms with Gasteiger partial charge in [0.15, 0.2) is 0 Å². The van der Waals surface area contributed by atoms with Gasteiger partial charge in [-0.15, -0.1) is 0 Å². The highest BCUT2D eigenvalue weighted by Gasteiger charge is 2.16. The number of nitrogens with one attached hydrogen (secondary N) is 1. The highest BCUT2D eigenvalue weighted by Crippen LogP contribution is 2.20. The van der Waals surface area contributed by atoms with Crippen LogP contribution < -0.4 is 5.32 Å². The third-order valence-corrected chi connectivity index (χ3v) is 3.92. The Morgan fingerprint density at radius 3 is 2.38 bits per heavy atom. The minimum atomic E-state index is -0.388. The lowest BCUT2D eigenvalue weighted by Crippen LogP contribution is -2.30. The Labute approximate surface area is 128 Å². The van der Waals surface area contributed by atoms with E-state index < -0.39 is 0 Å². The van der Waals surface area contributed by atoms with Gasteiger partial charge >= 0.3 is 0 Å². The van der Waals surface area contributed by atoms with Crippen LogP contribution in [0.1, 0.15) is 52.0 Å². The van der Waals surface area contributed by atoms with Crippen molar-refractivity contribution in [2.45, 2.75) is 52.6 Å². The molecule has 0 heterocycles. The molecule has 0 aliphatic carbocycles. The van der Waals surface area contributed by atoms with Gasteiger partial charge in [-0.3, -0.25) is 4.79 Å². The van der Waals surface area contributed by atoms with Gasteiger partial charge in [0.2, 0.25) is 5.91 Å². The molecule has 0 saturated carbocycles. The van der Waals surface area contributed by atoms with E-state index in [2.05, 4.69) is 5.32 Å². The fourth-order valence-corrected chi connectivity index (χ4v) is 2.28. The monoisotopic (exact) mass is 289 g/mol. The number of carbonyl (C=O) groups is 1. The smallest absolute Gasteiger partial charge is 0.246 e. The van der Waals surface area contributed by atoms with Crippen LogP contribution in [-0.4, -0.2) is 23.7 Å². The fraction of sp³-hybridized carbons (Fsp3) is 0.500. The highest BCUT2D eigenvalue weighted by molar-refractivity contribution is 5.93. The largest absolute Gasteiger partial charge is 0.393 e. The first kappa shape index (κ1) is 17.4.